The number of rotatable bonds is 5. The van der Waals surface area contributed by atoms with Crippen molar-refractivity contribution in [1.82, 2.24) is 15.5 Å². The van der Waals surface area contributed by atoms with Gasteiger partial charge in [0.25, 0.3) is 5.91 Å². The lowest BCUT2D eigenvalue weighted by molar-refractivity contribution is -0.146. The normalized spacial score (nSPS) is 19.8. The van der Waals surface area contributed by atoms with Crippen molar-refractivity contribution in [3.8, 4) is 0 Å². The van der Waals surface area contributed by atoms with Crippen molar-refractivity contribution in [3.63, 3.8) is 0 Å². The lowest BCUT2D eigenvalue weighted by Crippen LogP contribution is -2.43. The predicted octanol–water partition coefficient (Wildman–Crippen LogP) is 1.75. The number of aliphatic imine (C=N–C) groups is 1. The van der Waals surface area contributed by atoms with Gasteiger partial charge in [-0.2, -0.15) is 13.2 Å². The zero-order valence-corrected chi connectivity index (χ0v) is 16.5. The highest BCUT2D eigenvalue weighted by Gasteiger charge is 2.36. The molecule has 29 heavy (non-hydrogen) atoms. The van der Waals surface area contributed by atoms with Crippen molar-refractivity contribution in [2.24, 2.45) is 16.8 Å². The second kappa shape index (κ2) is 9.62. The van der Waals surface area contributed by atoms with Gasteiger partial charge in [0.1, 0.15) is 0 Å². The van der Waals surface area contributed by atoms with Gasteiger partial charge in [0.2, 0.25) is 0 Å². The zero-order valence-electron chi connectivity index (χ0n) is 16.5. The standard InChI is InChI=1S/C19H25F3N4O3/c1-12-10-26(11-15(12)17(28)29-3)18(23-2)25-9-8-24-16(27)13-4-6-14(7-5-13)19(20,21)22/h4-7,12,15H,8-11H2,1-3H3,(H,23,25)(H,24,27). The summed E-state index contributed by atoms with van der Waals surface area (Å²) in [5.41, 5.74) is -0.652. The van der Waals surface area contributed by atoms with E-state index in [0.29, 0.717) is 25.6 Å². The largest absolute Gasteiger partial charge is 0.469 e. The summed E-state index contributed by atoms with van der Waals surface area (Å²) in [6.45, 7) is 3.73. The van der Waals surface area contributed by atoms with E-state index in [-0.39, 0.29) is 29.9 Å². The Kier molecular flexibility index (Phi) is 7.46. The van der Waals surface area contributed by atoms with Gasteiger partial charge in [-0.05, 0) is 30.2 Å². The van der Waals surface area contributed by atoms with Crippen LogP contribution in [0.15, 0.2) is 29.3 Å². The van der Waals surface area contributed by atoms with Crippen LogP contribution in [0.4, 0.5) is 13.2 Å². The number of ether oxygens (including phenoxy) is 1. The van der Waals surface area contributed by atoms with Crippen LogP contribution in [0.2, 0.25) is 0 Å². The number of esters is 1. The van der Waals surface area contributed by atoms with E-state index in [1.165, 1.54) is 7.11 Å². The third-order valence-electron chi connectivity index (χ3n) is 4.80. The Labute approximate surface area is 167 Å². The van der Waals surface area contributed by atoms with Crippen molar-refractivity contribution in [2.45, 2.75) is 13.1 Å². The smallest absolute Gasteiger partial charge is 0.416 e. The summed E-state index contributed by atoms with van der Waals surface area (Å²) in [5, 5.41) is 5.75. The Bertz CT molecular complexity index is 750. The van der Waals surface area contributed by atoms with Crippen LogP contribution in [0.5, 0.6) is 0 Å². The van der Waals surface area contributed by atoms with Gasteiger partial charge in [-0.1, -0.05) is 6.92 Å². The average Bonchev–Trinajstić information content (AvgIpc) is 3.08. The monoisotopic (exact) mass is 414 g/mol. The third-order valence-corrected chi connectivity index (χ3v) is 4.80. The molecule has 2 atom stereocenters. The van der Waals surface area contributed by atoms with E-state index in [0.717, 1.165) is 24.3 Å². The number of guanidine groups is 1. The van der Waals surface area contributed by atoms with E-state index in [4.69, 9.17) is 4.74 Å². The van der Waals surface area contributed by atoms with Crippen LogP contribution in [0.25, 0.3) is 0 Å². The molecule has 10 heteroatoms. The average molecular weight is 414 g/mol. The molecule has 0 bridgehead atoms. The Morgan fingerprint density at radius 1 is 1.17 bits per heavy atom. The molecule has 1 aliphatic heterocycles. The molecule has 0 radical (unpaired) electrons. The van der Waals surface area contributed by atoms with Crippen LogP contribution >= 0.6 is 0 Å². The number of likely N-dealkylation sites (tertiary alicyclic amines) is 1. The summed E-state index contributed by atoms with van der Waals surface area (Å²) in [7, 11) is 2.99. The minimum Gasteiger partial charge on any atom is -0.469 e. The minimum absolute atomic E-state index is 0.125. The minimum atomic E-state index is -4.44. The first kappa shape index (κ1) is 22.5. The maximum absolute atomic E-state index is 12.6. The maximum atomic E-state index is 12.6. The summed E-state index contributed by atoms with van der Waals surface area (Å²) in [6, 6.07) is 4.04. The molecule has 1 aliphatic rings. The molecule has 2 unspecified atom stereocenters. The summed E-state index contributed by atoms with van der Waals surface area (Å²) < 4.78 is 42.5. The van der Waals surface area contributed by atoms with E-state index in [1.807, 2.05) is 11.8 Å². The fraction of sp³-hybridized carbons (Fsp3) is 0.526. The highest BCUT2D eigenvalue weighted by atomic mass is 19.4. The van der Waals surface area contributed by atoms with Gasteiger partial charge < -0.3 is 20.3 Å². The lowest BCUT2D eigenvalue weighted by atomic mass is 9.99. The van der Waals surface area contributed by atoms with Crippen LogP contribution in [-0.4, -0.2) is 63.1 Å². The van der Waals surface area contributed by atoms with E-state index in [2.05, 4.69) is 15.6 Å². The lowest BCUT2D eigenvalue weighted by Gasteiger charge is -2.21. The summed E-state index contributed by atoms with van der Waals surface area (Å²) >= 11 is 0. The number of hydrogen-bond donors (Lipinski definition) is 2. The van der Waals surface area contributed by atoms with E-state index >= 15 is 0 Å². The first-order valence-electron chi connectivity index (χ1n) is 9.16. The second-order valence-corrected chi connectivity index (χ2v) is 6.82. The Hall–Kier alpha value is -2.78. The molecule has 1 aromatic rings. The summed E-state index contributed by atoms with van der Waals surface area (Å²) in [4.78, 5) is 30.0. The number of amides is 1. The van der Waals surface area contributed by atoms with Crippen LogP contribution in [0.1, 0.15) is 22.8 Å². The number of carbonyl (C=O) groups excluding carboxylic acids is 2. The number of nitrogens with zero attached hydrogens (tertiary/aromatic N) is 2. The number of halogens is 3. The summed E-state index contributed by atoms with van der Waals surface area (Å²) in [5.74, 6) is -0.208. The fourth-order valence-electron chi connectivity index (χ4n) is 3.19. The molecule has 0 spiro atoms. The van der Waals surface area contributed by atoms with Crippen molar-refractivity contribution in [2.75, 3.05) is 40.3 Å². The van der Waals surface area contributed by atoms with Gasteiger partial charge in [-0.25, -0.2) is 0 Å². The van der Waals surface area contributed by atoms with Gasteiger partial charge in [-0.3, -0.25) is 14.6 Å². The summed E-state index contributed by atoms with van der Waals surface area (Å²) in [6.07, 6.45) is -4.44. The number of benzene rings is 1. The third kappa shape index (κ3) is 5.85. The topological polar surface area (TPSA) is 83.0 Å². The first-order valence-corrected chi connectivity index (χ1v) is 9.16. The molecule has 1 aromatic carbocycles. The fourth-order valence-corrected chi connectivity index (χ4v) is 3.19. The molecule has 160 valence electrons. The molecule has 0 aromatic heterocycles. The van der Waals surface area contributed by atoms with Gasteiger partial charge >= 0.3 is 12.1 Å². The highest BCUT2D eigenvalue weighted by Crippen LogP contribution is 2.29. The molecule has 2 rings (SSSR count). The van der Waals surface area contributed by atoms with Crippen LogP contribution in [0, 0.1) is 11.8 Å². The van der Waals surface area contributed by atoms with Crippen LogP contribution in [-0.2, 0) is 15.7 Å². The van der Waals surface area contributed by atoms with E-state index in [1.54, 1.807) is 7.05 Å². The second-order valence-electron chi connectivity index (χ2n) is 6.82. The Morgan fingerprint density at radius 2 is 1.79 bits per heavy atom. The van der Waals surface area contributed by atoms with Crippen LogP contribution in [0.3, 0.4) is 0 Å². The van der Waals surface area contributed by atoms with E-state index < -0.39 is 17.6 Å². The van der Waals surface area contributed by atoms with Gasteiger partial charge in [0, 0.05) is 38.8 Å². The predicted molar refractivity (Wildman–Crippen MR) is 101 cm³/mol. The zero-order chi connectivity index (χ0) is 21.6. The quantitative estimate of drug-likeness (QED) is 0.332. The van der Waals surface area contributed by atoms with Crippen molar-refractivity contribution in [1.29, 1.82) is 0 Å². The van der Waals surface area contributed by atoms with Gasteiger partial charge in [-0.15, -0.1) is 0 Å². The molecule has 1 heterocycles. The molecular formula is C19H25F3N4O3. The number of hydrogen-bond acceptors (Lipinski definition) is 4. The van der Waals surface area contributed by atoms with Crippen LogP contribution < -0.4 is 10.6 Å². The molecule has 2 N–H and O–H groups in total. The maximum Gasteiger partial charge on any atom is 0.416 e. The van der Waals surface area contributed by atoms with Gasteiger partial charge in [0.05, 0.1) is 18.6 Å². The van der Waals surface area contributed by atoms with Gasteiger partial charge in [0.15, 0.2) is 5.96 Å². The molecule has 0 aliphatic carbocycles. The molecule has 1 fully saturated rings. The van der Waals surface area contributed by atoms with Crippen molar-refractivity contribution in [3.05, 3.63) is 35.4 Å². The number of carbonyl (C=O) groups is 2. The van der Waals surface area contributed by atoms with Crippen molar-refractivity contribution >= 4 is 17.8 Å². The molecule has 7 nitrogen and oxygen atoms in total. The SMILES string of the molecule is CN=C(NCCNC(=O)c1ccc(C(F)(F)F)cc1)N1CC(C)C(C(=O)OC)C1. The number of alkyl halides is 3. The molecular weight excluding hydrogens is 389 g/mol. The Morgan fingerprint density at radius 3 is 2.34 bits per heavy atom. The molecule has 0 saturated carbocycles. The van der Waals surface area contributed by atoms with Crippen molar-refractivity contribution < 1.29 is 27.5 Å². The molecule has 1 saturated heterocycles. The van der Waals surface area contributed by atoms with E-state index in [9.17, 15) is 22.8 Å². The Balaban J connectivity index is 1.80. The first-order chi connectivity index (χ1) is 13.7. The molecule has 1 amide bonds. The highest BCUT2D eigenvalue weighted by molar-refractivity contribution is 5.94. The number of nitrogens with one attached hydrogen (secondary N) is 2. The number of methoxy groups -OCH3 is 1.